The van der Waals surface area contributed by atoms with Crippen molar-refractivity contribution in [3.63, 3.8) is 0 Å². The van der Waals surface area contributed by atoms with Crippen LogP contribution in [0.4, 0.5) is 0 Å². The number of aliphatic hydroxyl groups is 1. The van der Waals surface area contributed by atoms with Crippen LogP contribution in [0.25, 0.3) is 0 Å². The summed E-state index contributed by atoms with van der Waals surface area (Å²) in [6.07, 6.45) is 3.47. The lowest BCUT2D eigenvalue weighted by Crippen LogP contribution is -2.54. The number of amides is 1. The molecule has 4 nitrogen and oxygen atoms in total. The molecule has 0 radical (unpaired) electrons. The van der Waals surface area contributed by atoms with E-state index in [1.165, 1.54) is 0 Å². The van der Waals surface area contributed by atoms with Crippen molar-refractivity contribution < 1.29 is 9.90 Å². The molecule has 1 aliphatic carbocycles. The maximum absolute atomic E-state index is 11.6. The summed E-state index contributed by atoms with van der Waals surface area (Å²) in [6, 6.07) is 0. The standard InChI is InChI=1S/C13H26N2O2/c1-11(2)5-7-13(17,8-6-11)9-15-10(16)12(3,4)14/h17H,5-9,14H2,1-4H3,(H,15,16). The van der Waals surface area contributed by atoms with Gasteiger partial charge in [0, 0.05) is 6.54 Å². The Kier molecular flexibility index (Phi) is 3.89. The summed E-state index contributed by atoms with van der Waals surface area (Å²) in [5.74, 6) is -0.212. The first-order valence-corrected chi connectivity index (χ1v) is 6.34. The van der Waals surface area contributed by atoms with E-state index in [0.29, 0.717) is 12.0 Å². The third-order valence-electron chi connectivity index (χ3n) is 3.70. The molecule has 1 rings (SSSR count). The van der Waals surface area contributed by atoms with Crippen LogP contribution >= 0.6 is 0 Å². The van der Waals surface area contributed by atoms with Crippen molar-refractivity contribution in [1.29, 1.82) is 0 Å². The molecule has 4 heteroatoms. The Morgan fingerprint density at radius 2 is 1.76 bits per heavy atom. The Morgan fingerprint density at radius 1 is 1.29 bits per heavy atom. The highest BCUT2D eigenvalue weighted by Gasteiger charge is 2.37. The molecule has 0 aromatic rings. The van der Waals surface area contributed by atoms with Crippen LogP contribution in [0, 0.1) is 5.41 Å². The van der Waals surface area contributed by atoms with E-state index < -0.39 is 11.1 Å². The fraction of sp³-hybridized carbons (Fsp3) is 0.923. The van der Waals surface area contributed by atoms with E-state index in [-0.39, 0.29) is 5.91 Å². The maximum atomic E-state index is 11.6. The van der Waals surface area contributed by atoms with Crippen LogP contribution in [-0.2, 0) is 4.79 Å². The van der Waals surface area contributed by atoms with E-state index >= 15 is 0 Å². The van der Waals surface area contributed by atoms with Crippen LogP contribution in [0.15, 0.2) is 0 Å². The zero-order valence-corrected chi connectivity index (χ0v) is 11.5. The third kappa shape index (κ3) is 4.28. The van der Waals surface area contributed by atoms with Gasteiger partial charge in [-0.25, -0.2) is 0 Å². The first kappa shape index (κ1) is 14.5. The van der Waals surface area contributed by atoms with Gasteiger partial charge in [0.2, 0.25) is 5.91 Å². The predicted octanol–water partition coefficient (Wildman–Crippen LogP) is 1.17. The second-order valence-corrected chi connectivity index (χ2v) is 6.79. The molecular formula is C13H26N2O2. The molecule has 100 valence electrons. The monoisotopic (exact) mass is 242 g/mol. The summed E-state index contributed by atoms with van der Waals surface area (Å²) < 4.78 is 0. The van der Waals surface area contributed by atoms with Crippen molar-refractivity contribution in [2.45, 2.75) is 64.5 Å². The molecule has 0 aliphatic heterocycles. The molecule has 0 aromatic carbocycles. The van der Waals surface area contributed by atoms with Gasteiger partial charge in [0.05, 0.1) is 11.1 Å². The minimum absolute atomic E-state index is 0.212. The summed E-state index contributed by atoms with van der Waals surface area (Å²) in [4.78, 5) is 11.6. The molecule has 0 aromatic heterocycles. The SMILES string of the molecule is CC1(C)CCC(O)(CNC(=O)C(C)(C)N)CC1. The average Bonchev–Trinajstić information content (AvgIpc) is 2.19. The molecule has 1 amide bonds. The minimum atomic E-state index is -0.885. The highest BCUT2D eigenvalue weighted by atomic mass is 16.3. The minimum Gasteiger partial charge on any atom is -0.388 e. The van der Waals surface area contributed by atoms with E-state index in [1.54, 1.807) is 13.8 Å². The van der Waals surface area contributed by atoms with Gasteiger partial charge in [0.15, 0.2) is 0 Å². The lowest BCUT2D eigenvalue weighted by molar-refractivity contribution is -0.127. The number of carbonyl (C=O) groups is 1. The normalized spacial score (nSPS) is 23.2. The van der Waals surface area contributed by atoms with Crippen LogP contribution in [0.2, 0.25) is 0 Å². The smallest absolute Gasteiger partial charge is 0.239 e. The van der Waals surface area contributed by atoms with Crippen molar-refractivity contribution >= 4 is 5.91 Å². The summed E-state index contributed by atoms with van der Waals surface area (Å²) >= 11 is 0. The second kappa shape index (κ2) is 4.58. The van der Waals surface area contributed by atoms with Gasteiger partial charge in [0.25, 0.3) is 0 Å². The van der Waals surface area contributed by atoms with E-state index in [9.17, 15) is 9.90 Å². The van der Waals surface area contributed by atoms with Gasteiger partial charge in [-0.15, -0.1) is 0 Å². The van der Waals surface area contributed by atoms with Crippen molar-refractivity contribution in [3.8, 4) is 0 Å². The predicted molar refractivity (Wildman–Crippen MR) is 68.5 cm³/mol. The molecule has 1 saturated carbocycles. The van der Waals surface area contributed by atoms with Crippen molar-refractivity contribution in [1.82, 2.24) is 5.32 Å². The molecule has 0 spiro atoms. The molecule has 17 heavy (non-hydrogen) atoms. The average molecular weight is 242 g/mol. The van der Waals surface area contributed by atoms with Crippen LogP contribution in [0.1, 0.15) is 53.4 Å². The molecule has 0 saturated heterocycles. The molecule has 1 fully saturated rings. The Hall–Kier alpha value is -0.610. The van der Waals surface area contributed by atoms with E-state index in [0.717, 1.165) is 25.7 Å². The lowest BCUT2D eigenvalue weighted by Gasteiger charge is -2.40. The number of hydrogen-bond donors (Lipinski definition) is 3. The number of hydrogen-bond acceptors (Lipinski definition) is 3. The molecule has 0 heterocycles. The molecule has 0 atom stereocenters. The van der Waals surface area contributed by atoms with Gasteiger partial charge < -0.3 is 16.2 Å². The van der Waals surface area contributed by atoms with Crippen molar-refractivity contribution in [2.75, 3.05) is 6.54 Å². The van der Waals surface area contributed by atoms with E-state index in [4.69, 9.17) is 5.73 Å². The Balaban J connectivity index is 2.45. The fourth-order valence-corrected chi connectivity index (χ4v) is 2.04. The van der Waals surface area contributed by atoms with Crippen LogP contribution in [0.5, 0.6) is 0 Å². The van der Waals surface area contributed by atoms with Gasteiger partial charge >= 0.3 is 0 Å². The van der Waals surface area contributed by atoms with Gasteiger partial charge in [-0.1, -0.05) is 13.8 Å². The molecular weight excluding hydrogens is 216 g/mol. The Labute approximate surface area is 104 Å². The number of carbonyl (C=O) groups excluding carboxylic acids is 1. The Morgan fingerprint density at radius 3 is 2.18 bits per heavy atom. The topological polar surface area (TPSA) is 75.3 Å². The first-order valence-electron chi connectivity index (χ1n) is 6.34. The van der Waals surface area contributed by atoms with Crippen LogP contribution in [-0.4, -0.2) is 28.7 Å². The van der Waals surface area contributed by atoms with Crippen molar-refractivity contribution in [2.24, 2.45) is 11.1 Å². The highest BCUT2D eigenvalue weighted by Crippen LogP contribution is 2.39. The van der Waals surface area contributed by atoms with Crippen LogP contribution in [0.3, 0.4) is 0 Å². The van der Waals surface area contributed by atoms with Gasteiger partial charge in [-0.05, 0) is 44.9 Å². The van der Waals surface area contributed by atoms with Gasteiger partial charge in [-0.2, -0.15) is 0 Å². The summed E-state index contributed by atoms with van der Waals surface area (Å²) in [5.41, 5.74) is 4.36. The largest absolute Gasteiger partial charge is 0.388 e. The van der Waals surface area contributed by atoms with E-state index in [1.807, 2.05) is 0 Å². The van der Waals surface area contributed by atoms with Gasteiger partial charge in [-0.3, -0.25) is 4.79 Å². The number of nitrogens with one attached hydrogen (secondary N) is 1. The van der Waals surface area contributed by atoms with Crippen molar-refractivity contribution in [3.05, 3.63) is 0 Å². The maximum Gasteiger partial charge on any atom is 0.239 e. The molecule has 1 aliphatic rings. The highest BCUT2D eigenvalue weighted by molar-refractivity contribution is 5.85. The summed E-state index contributed by atoms with van der Waals surface area (Å²) in [6.45, 7) is 8.07. The van der Waals surface area contributed by atoms with E-state index in [2.05, 4.69) is 19.2 Å². The molecule has 4 N–H and O–H groups in total. The van der Waals surface area contributed by atoms with Crippen LogP contribution < -0.4 is 11.1 Å². The number of nitrogens with two attached hydrogens (primary N) is 1. The summed E-state index contributed by atoms with van der Waals surface area (Å²) in [5, 5.41) is 13.1. The Bertz CT molecular complexity index is 282. The quantitative estimate of drug-likeness (QED) is 0.695. The lowest BCUT2D eigenvalue weighted by atomic mass is 9.71. The summed E-state index contributed by atoms with van der Waals surface area (Å²) in [7, 11) is 0. The zero-order chi connectivity index (χ0) is 13.3. The fourth-order valence-electron chi connectivity index (χ4n) is 2.04. The first-order chi connectivity index (χ1) is 7.54. The molecule has 0 bridgehead atoms. The van der Waals surface area contributed by atoms with Gasteiger partial charge in [0.1, 0.15) is 0 Å². The second-order valence-electron chi connectivity index (χ2n) is 6.79. The third-order valence-corrected chi connectivity index (χ3v) is 3.70. The number of rotatable bonds is 3. The molecule has 0 unspecified atom stereocenters. The zero-order valence-electron chi connectivity index (χ0n) is 11.5.